The Balaban J connectivity index is 1.59. The van der Waals surface area contributed by atoms with E-state index in [1.165, 1.54) is 51.4 Å². The van der Waals surface area contributed by atoms with Crippen LogP contribution in [0.5, 0.6) is 0 Å². The van der Waals surface area contributed by atoms with Crippen LogP contribution >= 0.6 is 0 Å². The molecular weight excluding hydrogens is 328 g/mol. The van der Waals surface area contributed by atoms with E-state index in [2.05, 4.69) is 64.8 Å². The molecule has 2 nitrogen and oxygen atoms in total. The highest BCUT2D eigenvalue weighted by atomic mass is 15.1. The van der Waals surface area contributed by atoms with E-state index in [1.54, 1.807) is 0 Å². The van der Waals surface area contributed by atoms with Crippen LogP contribution in [-0.2, 0) is 0 Å². The summed E-state index contributed by atoms with van der Waals surface area (Å²) in [7, 11) is 9.12. The van der Waals surface area contributed by atoms with E-state index in [0.717, 1.165) is 35.8 Å². The second kappa shape index (κ2) is 6.87. The van der Waals surface area contributed by atoms with Crippen molar-refractivity contribution < 1.29 is 0 Å². The van der Waals surface area contributed by atoms with Crippen molar-refractivity contribution in [3.63, 3.8) is 0 Å². The third kappa shape index (κ3) is 2.96. The molecule has 4 aliphatic carbocycles. The maximum absolute atomic E-state index is 2.73. The van der Waals surface area contributed by atoms with Crippen LogP contribution in [0.2, 0.25) is 0 Å². The lowest BCUT2D eigenvalue weighted by Gasteiger charge is -2.59. The Hall–Kier alpha value is -0.340. The first-order valence-corrected chi connectivity index (χ1v) is 11.7. The van der Waals surface area contributed by atoms with Crippen LogP contribution in [0.4, 0.5) is 0 Å². The molecule has 0 aromatic heterocycles. The van der Waals surface area contributed by atoms with Gasteiger partial charge in [0.1, 0.15) is 0 Å². The largest absolute Gasteiger partial charge is 0.306 e. The first-order chi connectivity index (χ1) is 12.7. The van der Waals surface area contributed by atoms with E-state index in [1.807, 2.05) is 5.57 Å². The maximum atomic E-state index is 2.73. The van der Waals surface area contributed by atoms with Gasteiger partial charge in [0.2, 0.25) is 0 Å². The predicted octanol–water partition coefficient (Wildman–Crippen LogP) is 5.45. The first-order valence-electron chi connectivity index (χ1n) is 11.7. The summed E-state index contributed by atoms with van der Waals surface area (Å²) in [6.07, 6.45) is 14.1. The van der Waals surface area contributed by atoms with Gasteiger partial charge < -0.3 is 9.80 Å². The van der Waals surface area contributed by atoms with Gasteiger partial charge in [0.25, 0.3) is 0 Å². The first kappa shape index (κ1) is 20.0. The highest BCUT2D eigenvalue weighted by Gasteiger charge is 2.59. The van der Waals surface area contributed by atoms with Gasteiger partial charge in [-0.2, -0.15) is 0 Å². The van der Waals surface area contributed by atoms with Crippen LogP contribution in [0.1, 0.15) is 72.1 Å². The van der Waals surface area contributed by atoms with Crippen LogP contribution in [-0.4, -0.2) is 50.1 Å². The molecule has 0 N–H and O–H groups in total. The minimum atomic E-state index is 0.502. The van der Waals surface area contributed by atoms with E-state index < -0.39 is 0 Å². The quantitative estimate of drug-likeness (QED) is 0.608. The summed E-state index contributed by atoms with van der Waals surface area (Å²) in [5.41, 5.74) is 2.91. The molecule has 0 aliphatic heterocycles. The lowest BCUT2D eigenvalue weighted by molar-refractivity contribution is -0.0550. The number of hydrogen-bond acceptors (Lipinski definition) is 2. The highest BCUT2D eigenvalue weighted by Crippen LogP contribution is 2.66. The minimum absolute atomic E-state index is 0.502. The predicted molar refractivity (Wildman–Crippen MR) is 116 cm³/mol. The third-order valence-electron chi connectivity index (χ3n) is 10.3. The molecule has 0 aromatic carbocycles. The number of nitrogens with zero attached hydrogens (tertiary/aromatic N) is 2. The Morgan fingerprint density at radius 1 is 0.963 bits per heavy atom. The van der Waals surface area contributed by atoms with E-state index in [0.29, 0.717) is 10.8 Å². The summed E-state index contributed by atoms with van der Waals surface area (Å²) in [6, 6.07) is 1.49. The Kier molecular flexibility index (Phi) is 5.08. The topological polar surface area (TPSA) is 6.48 Å². The SMILES string of the molecule is C[C@H]([C@H]1CC[C@H]2[C@@H]3CC=C4C[C@@H](N(C)C)CC[C@]4(C)[C@H]3CC[C@]12C)N(C)C. The molecule has 2 heteroatoms. The Morgan fingerprint density at radius 2 is 1.70 bits per heavy atom. The van der Waals surface area contributed by atoms with Gasteiger partial charge in [0, 0.05) is 12.1 Å². The van der Waals surface area contributed by atoms with Crippen molar-refractivity contribution in [3.8, 4) is 0 Å². The zero-order chi connectivity index (χ0) is 19.6. The van der Waals surface area contributed by atoms with Crippen molar-refractivity contribution in [1.29, 1.82) is 0 Å². The van der Waals surface area contributed by atoms with E-state index in [9.17, 15) is 0 Å². The zero-order valence-corrected chi connectivity index (χ0v) is 19.1. The average molecular weight is 373 g/mol. The van der Waals surface area contributed by atoms with Gasteiger partial charge in [0.15, 0.2) is 0 Å². The number of rotatable bonds is 3. The fourth-order valence-electron chi connectivity index (χ4n) is 8.28. The van der Waals surface area contributed by atoms with Crippen LogP contribution in [0.15, 0.2) is 11.6 Å². The summed E-state index contributed by atoms with van der Waals surface area (Å²) < 4.78 is 0. The second-order valence-electron chi connectivity index (χ2n) is 11.6. The summed E-state index contributed by atoms with van der Waals surface area (Å²) in [4.78, 5) is 4.95. The lowest BCUT2D eigenvalue weighted by Crippen LogP contribution is -2.52. The third-order valence-corrected chi connectivity index (χ3v) is 10.3. The smallest absolute Gasteiger partial charge is 0.0127 e. The van der Waals surface area contributed by atoms with Crippen molar-refractivity contribution in [2.24, 2.45) is 34.5 Å². The van der Waals surface area contributed by atoms with Crippen molar-refractivity contribution >= 4 is 0 Å². The highest BCUT2D eigenvalue weighted by molar-refractivity contribution is 5.26. The summed E-state index contributed by atoms with van der Waals surface area (Å²) in [5, 5.41) is 0. The van der Waals surface area contributed by atoms with Crippen LogP contribution in [0, 0.1) is 34.5 Å². The van der Waals surface area contributed by atoms with E-state index >= 15 is 0 Å². The fourth-order valence-corrected chi connectivity index (χ4v) is 8.28. The van der Waals surface area contributed by atoms with Crippen molar-refractivity contribution in [2.45, 2.75) is 84.2 Å². The lowest BCUT2D eigenvalue weighted by atomic mass is 9.47. The molecule has 0 heterocycles. The van der Waals surface area contributed by atoms with Crippen molar-refractivity contribution in [1.82, 2.24) is 9.80 Å². The molecule has 0 unspecified atom stereocenters. The van der Waals surface area contributed by atoms with Crippen molar-refractivity contribution in [2.75, 3.05) is 28.2 Å². The van der Waals surface area contributed by atoms with Gasteiger partial charge in [-0.1, -0.05) is 25.5 Å². The molecule has 27 heavy (non-hydrogen) atoms. The van der Waals surface area contributed by atoms with Crippen LogP contribution in [0.3, 0.4) is 0 Å². The Bertz CT molecular complexity index is 593. The van der Waals surface area contributed by atoms with E-state index in [-0.39, 0.29) is 0 Å². The molecular formula is C25H44N2. The Morgan fingerprint density at radius 3 is 2.37 bits per heavy atom. The minimum Gasteiger partial charge on any atom is -0.306 e. The second-order valence-corrected chi connectivity index (χ2v) is 11.6. The average Bonchev–Trinajstić information content (AvgIpc) is 2.97. The standard InChI is InChI=1S/C25H44N2/c1-17(26(4)5)21-10-11-22-20-9-8-18-16-19(27(6)7)12-14-24(18,2)23(20)13-15-25(21,22)3/h8,17,19-23H,9-16H2,1-7H3/t17-,19+,20+,21-,22+,23+,24+,25-/m1/s1. The number of fused-ring (bicyclic) bond motifs is 5. The summed E-state index contributed by atoms with van der Waals surface area (Å²) in [5.74, 6) is 3.76. The van der Waals surface area contributed by atoms with Crippen LogP contribution in [0.25, 0.3) is 0 Å². The molecule has 8 atom stereocenters. The van der Waals surface area contributed by atoms with Gasteiger partial charge in [-0.25, -0.2) is 0 Å². The van der Waals surface area contributed by atoms with Gasteiger partial charge in [-0.3, -0.25) is 0 Å². The molecule has 3 fully saturated rings. The zero-order valence-electron chi connectivity index (χ0n) is 19.1. The molecule has 0 aromatic rings. The molecule has 0 bridgehead atoms. The molecule has 4 rings (SSSR count). The van der Waals surface area contributed by atoms with Gasteiger partial charge in [-0.15, -0.1) is 0 Å². The van der Waals surface area contributed by atoms with E-state index in [4.69, 9.17) is 0 Å². The van der Waals surface area contributed by atoms with Gasteiger partial charge >= 0.3 is 0 Å². The summed E-state index contributed by atoms with van der Waals surface area (Å²) >= 11 is 0. The molecule has 0 saturated heterocycles. The summed E-state index contributed by atoms with van der Waals surface area (Å²) in [6.45, 7) is 7.81. The normalized spacial score (nSPS) is 48.0. The number of allylic oxidation sites excluding steroid dienone is 1. The molecule has 3 saturated carbocycles. The fraction of sp³-hybridized carbons (Fsp3) is 0.920. The van der Waals surface area contributed by atoms with Crippen molar-refractivity contribution in [3.05, 3.63) is 11.6 Å². The molecule has 0 radical (unpaired) electrons. The maximum Gasteiger partial charge on any atom is 0.0127 e. The number of hydrogen-bond donors (Lipinski definition) is 0. The molecule has 0 amide bonds. The van der Waals surface area contributed by atoms with Gasteiger partial charge in [-0.05, 0) is 121 Å². The molecule has 0 spiro atoms. The Labute approximate surface area is 168 Å². The van der Waals surface area contributed by atoms with Crippen LogP contribution < -0.4 is 0 Å². The molecule has 4 aliphatic rings. The van der Waals surface area contributed by atoms with Gasteiger partial charge in [0.05, 0.1) is 0 Å². The monoisotopic (exact) mass is 372 g/mol. The molecule has 154 valence electrons.